The quantitative estimate of drug-likeness (QED) is 0.184. The summed E-state index contributed by atoms with van der Waals surface area (Å²) < 4.78 is 4.72. The smallest absolute Gasteiger partial charge is 0.159 e. The molecule has 1 N–H and O–H groups in total. The van der Waals surface area contributed by atoms with Crippen LogP contribution in [0.3, 0.4) is 0 Å². The number of nitriles is 1. The van der Waals surface area contributed by atoms with Gasteiger partial charge in [0.1, 0.15) is 12.0 Å². The molecule has 1 aliphatic rings. The van der Waals surface area contributed by atoms with E-state index >= 15 is 0 Å². The first-order valence-electron chi connectivity index (χ1n) is 19.4. The summed E-state index contributed by atoms with van der Waals surface area (Å²) in [5, 5.41) is 18.2. The molecule has 0 saturated carbocycles. The summed E-state index contributed by atoms with van der Waals surface area (Å²) >= 11 is 0. The highest BCUT2D eigenvalue weighted by molar-refractivity contribution is 6.14. The van der Waals surface area contributed by atoms with E-state index in [1.54, 1.807) is 0 Å². The van der Waals surface area contributed by atoms with Gasteiger partial charge in [-0.25, -0.2) is 9.98 Å². The standard InChI is InChI=1S/C52H34N6/c53-33-34-24-29-47-44(30-34)42-28-26-39(57-45-22-12-10-20-40(45)41-27-25-38(31-48(41)57)35-14-4-1-5-15-35)32-49(42)58(47)46-23-13-11-21-43(46)52-55-50(36-16-6-2-7-17-36)54-51(56-52)37-18-8-3-9-19-37/h1-32,52H,(H,54,55,56). The molecule has 6 nitrogen and oxygen atoms in total. The van der Waals surface area contributed by atoms with Crippen molar-refractivity contribution in [2.75, 3.05) is 0 Å². The molecule has 0 amide bonds. The lowest BCUT2D eigenvalue weighted by Gasteiger charge is -2.26. The fourth-order valence-corrected chi connectivity index (χ4v) is 8.53. The van der Waals surface area contributed by atoms with Gasteiger partial charge in [0.15, 0.2) is 5.84 Å². The van der Waals surface area contributed by atoms with Gasteiger partial charge in [0, 0.05) is 43.9 Å². The van der Waals surface area contributed by atoms with E-state index in [2.05, 4.69) is 166 Å². The summed E-state index contributed by atoms with van der Waals surface area (Å²) in [6, 6.07) is 69.9. The molecule has 2 aromatic heterocycles. The Hall–Kier alpha value is -8.01. The average molecular weight is 743 g/mol. The lowest BCUT2D eigenvalue weighted by Crippen LogP contribution is -2.34. The molecule has 0 aliphatic carbocycles. The van der Waals surface area contributed by atoms with Crippen molar-refractivity contribution in [3.8, 4) is 28.6 Å². The second kappa shape index (κ2) is 13.6. The number of nitrogens with zero attached hydrogens (tertiary/aromatic N) is 5. The van der Waals surface area contributed by atoms with Crippen LogP contribution >= 0.6 is 0 Å². The number of aliphatic imine (C=N–C) groups is 2. The zero-order valence-corrected chi connectivity index (χ0v) is 31.3. The van der Waals surface area contributed by atoms with Crippen molar-refractivity contribution in [2.45, 2.75) is 6.17 Å². The van der Waals surface area contributed by atoms with Crippen molar-refractivity contribution < 1.29 is 0 Å². The van der Waals surface area contributed by atoms with Crippen LogP contribution in [-0.2, 0) is 0 Å². The number of rotatable bonds is 6. The third-order valence-corrected chi connectivity index (χ3v) is 11.2. The molecule has 1 aliphatic heterocycles. The normalized spacial score (nSPS) is 14.0. The number of fused-ring (bicyclic) bond motifs is 6. The van der Waals surface area contributed by atoms with Crippen molar-refractivity contribution in [3.63, 3.8) is 0 Å². The maximum absolute atomic E-state index is 10.0. The van der Waals surface area contributed by atoms with Crippen LogP contribution in [0.5, 0.6) is 0 Å². The summed E-state index contributed by atoms with van der Waals surface area (Å²) in [5.41, 5.74) is 12.2. The molecule has 0 spiro atoms. The lowest BCUT2D eigenvalue weighted by molar-refractivity contribution is 0.670. The van der Waals surface area contributed by atoms with Crippen molar-refractivity contribution in [1.29, 1.82) is 5.26 Å². The molecule has 1 unspecified atom stereocenters. The maximum atomic E-state index is 10.0. The van der Waals surface area contributed by atoms with E-state index in [0.29, 0.717) is 11.4 Å². The Labute approximate surface area is 334 Å². The molecule has 3 heterocycles. The van der Waals surface area contributed by atoms with Crippen LogP contribution in [0.2, 0.25) is 0 Å². The minimum Gasteiger partial charge on any atom is -0.344 e. The molecule has 0 fully saturated rings. The van der Waals surface area contributed by atoms with Crippen LogP contribution in [0.4, 0.5) is 0 Å². The first-order chi connectivity index (χ1) is 28.7. The van der Waals surface area contributed by atoms with E-state index in [1.165, 1.54) is 21.9 Å². The molecule has 8 aromatic carbocycles. The van der Waals surface area contributed by atoms with Gasteiger partial charge in [-0.3, -0.25) is 0 Å². The summed E-state index contributed by atoms with van der Waals surface area (Å²) in [6.07, 6.45) is -0.443. The fraction of sp³-hybridized carbons (Fsp3) is 0.0192. The average Bonchev–Trinajstić information content (AvgIpc) is 3.81. The third-order valence-electron chi connectivity index (χ3n) is 11.2. The number of hydrogen-bond donors (Lipinski definition) is 1. The van der Waals surface area contributed by atoms with E-state index in [1.807, 2.05) is 48.5 Å². The van der Waals surface area contributed by atoms with Gasteiger partial charge in [0.2, 0.25) is 0 Å². The first-order valence-corrected chi connectivity index (χ1v) is 19.4. The SMILES string of the molecule is N#Cc1ccc2c(c1)c1ccc(-n3c4ccccc4c4ccc(-c5ccccc5)cc43)cc1n2-c1ccccc1C1N=C(c2ccccc2)N=C(c2ccccc2)N1. The van der Waals surface area contributed by atoms with Crippen LogP contribution in [-0.4, -0.2) is 20.8 Å². The van der Waals surface area contributed by atoms with Gasteiger partial charge >= 0.3 is 0 Å². The van der Waals surface area contributed by atoms with Gasteiger partial charge in [-0.05, 0) is 59.7 Å². The van der Waals surface area contributed by atoms with Crippen molar-refractivity contribution in [3.05, 3.63) is 216 Å². The van der Waals surface area contributed by atoms with Crippen LogP contribution in [0, 0.1) is 11.3 Å². The molecule has 10 aromatic rings. The number of aromatic nitrogens is 2. The molecule has 0 bridgehead atoms. The number of para-hydroxylation sites is 2. The Balaban J connectivity index is 1.15. The topological polar surface area (TPSA) is 70.4 Å². The third kappa shape index (κ3) is 5.49. The Morgan fingerprint density at radius 2 is 1.09 bits per heavy atom. The summed E-state index contributed by atoms with van der Waals surface area (Å²) in [7, 11) is 0. The summed E-state index contributed by atoms with van der Waals surface area (Å²) in [5.74, 6) is 1.43. The second-order valence-electron chi connectivity index (χ2n) is 14.6. The van der Waals surface area contributed by atoms with E-state index in [4.69, 9.17) is 9.98 Å². The van der Waals surface area contributed by atoms with E-state index in [0.717, 1.165) is 66.7 Å². The summed E-state index contributed by atoms with van der Waals surface area (Å²) in [4.78, 5) is 10.3. The molecule has 272 valence electrons. The van der Waals surface area contributed by atoms with Gasteiger partial charge in [0.25, 0.3) is 0 Å². The van der Waals surface area contributed by atoms with Crippen LogP contribution in [0.1, 0.15) is 28.4 Å². The van der Waals surface area contributed by atoms with Crippen molar-refractivity contribution in [2.24, 2.45) is 9.98 Å². The number of benzene rings is 8. The molecular formula is C52H34N6. The zero-order chi connectivity index (χ0) is 38.6. The molecular weight excluding hydrogens is 709 g/mol. The van der Waals surface area contributed by atoms with Gasteiger partial charge in [-0.2, -0.15) is 5.26 Å². The predicted molar refractivity (Wildman–Crippen MR) is 237 cm³/mol. The van der Waals surface area contributed by atoms with Gasteiger partial charge in [0.05, 0.1) is 39.4 Å². The predicted octanol–water partition coefficient (Wildman–Crippen LogP) is 11.9. The van der Waals surface area contributed by atoms with E-state index in [9.17, 15) is 5.26 Å². The first kappa shape index (κ1) is 33.3. The Morgan fingerprint density at radius 1 is 0.466 bits per heavy atom. The van der Waals surface area contributed by atoms with Gasteiger partial charge in [-0.1, -0.05) is 146 Å². The highest BCUT2D eigenvalue weighted by atomic mass is 15.2. The molecule has 6 heteroatoms. The largest absolute Gasteiger partial charge is 0.344 e. The minimum absolute atomic E-state index is 0.443. The number of nitrogens with one attached hydrogen (secondary N) is 1. The Kier molecular flexibility index (Phi) is 7.83. The van der Waals surface area contributed by atoms with Gasteiger partial charge < -0.3 is 14.5 Å². The zero-order valence-electron chi connectivity index (χ0n) is 31.3. The highest BCUT2D eigenvalue weighted by Gasteiger charge is 2.25. The van der Waals surface area contributed by atoms with Crippen LogP contribution in [0.15, 0.2) is 204 Å². The Bertz CT molecular complexity index is 3310. The fourth-order valence-electron chi connectivity index (χ4n) is 8.53. The molecule has 58 heavy (non-hydrogen) atoms. The second-order valence-corrected chi connectivity index (χ2v) is 14.6. The Morgan fingerprint density at radius 3 is 1.88 bits per heavy atom. The molecule has 11 rings (SSSR count). The van der Waals surface area contributed by atoms with Crippen LogP contribution in [0.25, 0.3) is 66.1 Å². The van der Waals surface area contributed by atoms with Crippen molar-refractivity contribution in [1.82, 2.24) is 14.5 Å². The maximum Gasteiger partial charge on any atom is 0.159 e. The minimum atomic E-state index is -0.443. The van der Waals surface area contributed by atoms with Crippen molar-refractivity contribution >= 4 is 55.3 Å². The highest BCUT2D eigenvalue weighted by Crippen LogP contribution is 2.40. The number of amidine groups is 2. The summed E-state index contributed by atoms with van der Waals surface area (Å²) in [6.45, 7) is 0. The van der Waals surface area contributed by atoms with E-state index in [-0.39, 0.29) is 0 Å². The number of hydrogen-bond acceptors (Lipinski definition) is 4. The molecule has 0 radical (unpaired) electrons. The monoisotopic (exact) mass is 742 g/mol. The van der Waals surface area contributed by atoms with Gasteiger partial charge in [-0.15, -0.1) is 0 Å². The molecule has 0 saturated heterocycles. The molecule has 1 atom stereocenters. The van der Waals surface area contributed by atoms with Crippen LogP contribution < -0.4 is 5.32 Å². The lowest BCUT2D eigenvalue weighted by atomic mass is 10.0. The van der Waals surface area contributed by atoms with E-state index < -0.39 is 6.17 Å².